The molecule has 1 N–H and O–H groups in total. The molecular weight excluding hydrogens is 276 g/mol. The lowest BCUT2D eigenvalue weighted by atomic mass is 10.0. The molecule has 120 valence electrons. The summed E-state index contributed by atoms with van der Waals surface area (Å²) in [7, 11) is 1.63. The molecule has 1 aromatic rings. The zero-order chi connectivity index (χ0) is 15.5. The normalized spacial score (nSPS) is 12.6. The zero-order valence-electron chi connectivity index (χ0n) is 12.8. The molecule has 1 unspecified atom stereocenters. The fraction of sp³-hybridized carbons (Fsp3) is 0.625. The van der Waals surface area contributed by atoms with Gasteiger partial charge >= 0.3 is 0 Å². The number of ether oxygens (including phenoxy) is 2. The van der Waals surface area contributed by atoms with Crippen LogP contribution in [-0.2, 0) is 15.9 Å². The van der Waals surface area contributed by atoms with E-state index in [0.717, 1.165) is 25.5 Å². The molecule has 0 saturated heterocycles. The average Bonchev–Trinajstić information content (AvgIpc) is 2.47. The van der Waals surface area contributed by atoms with E-state index in [1.54, 1.807) is 7.11 Å². The van der Waals surface area contributed by atoms with Crippen LogP contribution in [0, 0.1) is 11.6 Å². The molecule has 5 heteroatoms. The highest BCUT2D eigenvalue weighted by atomic mass is 19.1. The zero-order valence-corrected chi connectivity index (χ0v) is 12.8. The third kappa shape index (κ3) is 7.50. The molecule has 0 fully saturated rings. The quantitative estimate of drug-likeness (QED) is 0.638. The average molecular weight is 301 g/mol. The number of hydrogen-bond acceptors (Lipinski definition) is 3. The predicted molar refractivity (Wildman–Crippen MR) is 79.5 cm³/mol. The molecule has 0 aliphatic carbocycles. The minimum atomic E-state index is -0.406. The second-order valence-corrected chi connectivity index (χ2v) is 4.98. The van der Waals surface area contributed by atoms with E-state index in [-0.39, 0.29) is 11.9 Å². The molecule has 0 aliphatic rings. The van der Waals surface area contributed by atoms with Gasteiger partial charge in [-0.1, -0.05) is 6.92 Å². The highest BCUT2D eigenvalue weighted by Gasteiger charge is 2.12. The van der Waals surface area contributed by atoms with Gasteiger partial charge in [0, 0.05) is 19.8 Å². The fourth-order valence-corrected chi connectivity index (χ4v) is 2.06. The molecule has 0 radical (unpaired) electrons. The summed E-state index contributed by atoms with van der Waals surface area (Å²) < 4.78 is 37.3. The third-order valence-corrected chi connectivity index (χ3v) is 3.20. The van der Waals surface area contributed by atoms with Crippen LogP contribution >= 0.6 is 0 Å². The largest absolute Gasteiger partial charge is 0.382 e. The van der Waals surface area contributed by atoms with Gasteiger partial charge in [0.25, 0.3) is 0 Å². The van der Waals surface area contributed by atoms with Crippen LogP contribution in [0.2, 0.25) is 0 Å². The Morgan fingerprint density at radius 1 is 1.19 bits per heavy atom. The molecule has 1 atom stereocenters. The first-order chi connectivity index (χ1) is 10.2. The minimum absolute atomic E-state index is 0.0730. The van der Waals surface area contributed by atoms with Gasteiger partial charge in [0.1, 0.15) is 11.6 Å². The summed E-state index contributed by atoms with van der Waals surface area (Å²) in [6.45, 7) is 4.60. The van der Waals surface area contributed by atoms with Crippen molar-refractivity contribution in [3.8, 4) is 0 Å². The Balaban J connectivity index is 2.50. The van der Waals surface area contributed by atoms with Gasteiger partial charge < -0.3 is 14.8 Å². The maximum atomic E-state index is 13.7. The van der Waals surface area contributed by atoms with Gasteiger partial charge in [-0.15, -0.1) is 0 Å². The van der Waals surface area contributed by atoms with Crippen molar-refractivity contribution in [2.24, 2.45) is 0 Å². The van der Waals surface area contributed by atoms with E-state index in [2.05, 4.69) is 12.2 Å². The van der Waals surface area contributed by atoms with E-state index in [1.165, 1.54) is 12.1 Å². The summed E-state index contributed by atoms with van der Waals surface area (Å²) in [6.07, 6.45) is 2.20. The molecule has 0 amide bonds. The van der Waals surface area contributed by atoms with Crippen molar-refractivity contribution in [2.75, 3.05) is 33.5 Å². The number of rotatable bonds is 11. The Hall–Kier alpha value is -1.04. The van der Waals surface area contributed by atoms with Gasteiger partial charge in [0.2, 0.25) is 0 Å². The van der Waals surface area contributed by atoms with E-state index in [9.17, 15) is 8.78 Å². The van der Waals surface area contributed by atoms with Gasteiger partial charge in [-0.25, -0.2) is 8.78 Å². The Morgan fingerprint density at radius 2 is 2.00 bits per heavy atom. The Kier molecular flexibility index (Phi) is 9.14. The first-order valence-electron chi connectivity index (χ1n) is 7.41. The van der Waals surface area contributed by atoms with E-state index in [0.29, 0.717) is 31.8 Å². The van der Waals surface area contributed by atoms with Gasteiger partial charge in [-0.05, 0) is 49.6 Å². The summed E-state index contributed by atoms with van der Waals surface area (Å²) in [6, 6.07) is 3.66. The fourth-order valence-electron chi connectivity index (χ4n) is 2.06. The number of hydrogen-bond donors (Lipinski definition) is 1. The second kappa shape index (κ2) is 10.7. The molecule has 21 heavy (non-hydrogen) atoms. The van der Waals surface area contributed by atoms with E-state index in [4.69, 9.17) is 9.47 Å². The summed E-state index contributed by atoms with van der Waals surface area (Å²) in [5.74, 6) is -0.767. The van der Waals surface area contributed by atoms with Gasteiger partial charge in [-0.2, -0.15) is 0 Å². The van der Waals surface area contributed by atoms with Crippen LogP contribution in [0.3, 0.4) is 0 Å². The lowest BCUT2D eigenvalue weighted by molar-refractivity contribution is 0.0658. The highest BCUT2D eigenvalue weighted by molar-refractivity contribution is 5.19. The molecule has 0 aromatic heterocycles. The molecule has 0 heterocycles. The van der Waals surface area contributed by atoms with Crippen molar-refractivity contribution >= 4 is 0 Å². The summed E-state index contributed by atoms with van der Waals surface area (Å²) in [4.78, 5) is 0. The summed E-state index contributed by atoms with van der Waals surface area (Å²) >= 11 is 0. The number of halogens is 2. The van der Waals surface area contributed by atoms with Crippen molar-refractivity contribution in [3.05, 3.63) is 35.4 Å². The molecule has 1 aromatic carbocycles. The van der Waals surface area contributed by atoms with E-state index >= 15 is 0 Å². The van der Waals surface area contributed by atoms with Crippen LogP contribution in [-0.4, -0.2) is 39.5 Å². The van der Waals surface area contributed by atoms with Crippen LogP contribution in [0.4, 0.5) is 8.78 Å². The van der Waals surface area contributed by atoms with Gasteiger partial charge in [-0.3, -0.25) is 0 Å². The molecular formula is C16H25F2NO2. The van der Waals surface area contributed by atoms with E-state index in [1.807, 2.05) is 0 Å². The van der Waals surface area contributed by atoms with Crippen molar-refractivity contribution < 1.29 is 18.3 Å². The number of methoxy groups -OCH3 is 1. The van der Waals surface area contributed by atoms with Gasteiger partial charge in [0.05, 0.1) is 13.2 Å². The SMILES string of the molecule is CCCNC(CCOCCOC)Cc1cc(F)ccc1F. The molecule has 3 nitrogen and oxygen atoms in total. The summed E-state index contributed by atoms with van der Waals surface area (Å²) in [5, 5.41) is 3.36. The first kappa shape index (κ1) is 18.0. The lowest BCUT2D eigenvalue weighted by Gasteiger charge is -2.19. The summed E-state index contributed by atoms with van der Waals surface area (Å²) in [5.41, 5.74) is 0.403. The van der Waals surface area contributed by atoms with Crippen molar-refractivity contribution in [3.63, 3.8) is 0 Å². The van der Waals surface area contributed by atoms with Crippen LogP contribution in [0.5, 0.6) is 0 Å². The second-order valence-electron chi connectivity index (χ2n) is 4.98. The smallest absolute Gasteiger partial charge is 0.126 e. The standard InChI is InChI=1S/C16H25F2NO2/c1-3-7-19-15(6-8-21-10-9-20-2)12-13-11-14(17)4-5-16(13)18/h4-5,11,15,19H,3,6-10,12H2,1-2H3. The Bertz CT molecular complexity index is 402. The van der Waals surface area contributed by atoms with Crippen molar-refractivity contribution in [1.82, 2.24) is 5.32 Å². The first-order valence-corrected chi connectivity index (χ1v) is 7.41. The number of nitrogens with one attached hydrogen (secondary N) is 1. The molecule has 1 rings (SSSR count). The lowest BCUT2D eigenvalue weighted by Crippen LogP contribution is -2.33. The van der Waals surface area contributed by atoms with Crippen LogP contribution < -0.4 is 5.32 Å². The molecule has 0 aliphatic heterocycles. The van der Waals surface area contributed by atoms with Crippen molar-refractivity contribution in [1.29, 1.82) is 0 Å². The Morgan fingerprint density at radius 3 is 2.71 bits per heavy atom. The maximum absolute atomic E-state index is 13.7. The molecule has 0 bridgehead atoms. The van der Waals surface area contributed by atoms with Crippen molar-refractivity contribution in [2.45, 2.75) is 32.2 Å². The number of benzene rings is 1. The van der Waals surface area contributed by atoms with Crippen LogP contribution in [0.1, 0.15) is 25.3 Å². The third-order valence-electron chi connectivity index (χ3n) is 3.20. The molecule has 0 spiro atoms. The monoisotopic (exact) mass is 301 g/mol. The highest BCUT2D eigenvalue weighted by Crippen LogP contribution is 2.13. The predicted octanol–water partition coefficient (Wildman–Crippen LogP) is 2.93. The molecule has 0 saturated carbocycles. The van der Waals surface area contributed by atoms with E-state index < -0.39 is 5.82 Å². The Labute approximate surface area is 125 Å². The van der Waals surface area contributed by atoms with Crippen LogP contribution in [0.15, 0.2) is 18.2 Å². The van der Waals surface area contributed by atoms with Crippen LogP contribution in [0.25, 0.3) is 0 Å². The maximum Gasteiger partial charge on any atom is 0.126 e. The minimum Gasteiger partial charge on any atom is -0.382 e. The topological polar surface area (TPSA) is 30.5 Å². The van der Waals surface area contributed by atoms with Gasteiger partial charge in [0.15, 0.2) is 0 Å².